The summed E-state index contributed by atoms with van der Waals surface area (Å²) in [5.74, 6) is 0.350. The molecule has 0 radical (unpaired) electrons. The second-order valence-electron chi connectivity index (χ2n) is 5.18. The summed E-state index contributed by atoms with van der Waals surface area (Å²) in [4.78, 5) is 27.6. The molecular formula is C15H20N6O2. The molecule has 1 aliphatic heterocycles. The molecule has 0 spiro atoms. The summed E-state index contributed by atoms with van der Waals surface area (Å²) in [6.45, 7) is 1.44. The molecule has 8 nitrogen and oxygen atoms in total. The van der Waals surface area contributed by atoms with E-state index in [1.165, 1.54) is 0 Å². The zero-order chi connectivity index (χ0) is 16.5. The lowest BCUT2D eigenvalue weighted by Gasteiger charge is -2.16. The number of pyridine rings is 1. The zero-order valence-corrected chi connectivity index (χ0v) is 12.8. The summed E-state index contributed by atoms with van der Waals surface area (Å²) >= 11 is 0. The minimum Gasteiger partial charge on any atom is -0.367 e. The highest BCUT2D eigenvalue weighted by Crippen LogP contribution is 2.08. The summed E-state index contributed by atoms with van der Waals surface area (Å²) in [6.07, 6.45) is 4.08. The Labute approximate surface area is 134 Å². The van der Waals surface area contributed by atoms with E-state index in [1.807, 2.05) is 6.07 Å². The maximum atomic E-state index is 11.8. The van der Waals surface area contributed by atoms with Gasteiger partial charge in [-0.25, -0.2) is 9.78 Å². The Hall–Kier alpha value is -2.82. The first-order chi connectivity index (χ1) is 11.2. The van der Waals surface area contributed by atoms with Gasteiger partial charge in [-0.2, -0.15) is 5.26 Å². The molecule has 23 heavy (non-hydrogen) atoms. The number of rotatable bonds is 5. The number of urea groups is 1. The third-order valence-electron chi connectivity index (χ3n) is 3.47. The lowest BCUT2D eigenvalue weighted by molar-refractivity contribution is -0.122. The normalized spacial score (nSPS) is 17.3. The quantitative estimate of drug-likeness (QED) is 0.584. The van der Waals surface area contributed by atoms with Crippen molar-refractivity contribution in [3.05, 3.63) is 23.9 Å². The summed E-state index contributed by atoms with van der Waals surface area (Å²) in [7, 11) is 0. The van der Waals surface area contributed by atoms with Gasteiger partial charge in [-0.05, 0) is 31.4 Å². The van der Waals surface area contributed by atoms with Crippen LogP contribution >= 0.6 is 0 Å². The molecule has 0 aromatic carbocycles. The van der Waals surface area contributed by atoms with Crippen LogP contribution in [0.3, 0.4) is 0 Å². The number of hydrogen-bond acceptors (Lipinski definition) is 5. The van der Waals surface area contributed by atoms with Gasteiger partial charge >= 0.3 is 6.03 Å². The van der Waals surface area contributed by atoms with Gasteiger partial charge in [-0.1, -0.05) is 0 Å². The fourth-order valence-electron chi connectivity index (χ4n) is 2.28. The average molecular weight is 316 g/mol. The number of carbonyl (C=O) groups is 2. The van der Waals surface area contributed by atoms with Crippen LogP contribution in [-0.2, 0) is 4.79 Å². The summed E-state index contributed by atoms with van der Waals surface area (Å²) in [6, 6.07) is 4.54. The SMILES string of the molecule is N#Cc1cccnc1NCCNC(=O)N[C@H]1CCCCNC1=O. The lowest BCUT2D eigenvalue weighted by Crippen LogP contribution is -2.49. The maximum Gasteiger partial charge on any atom is 0.315 e. The van der Waals surface area contributed by atoms with Crippen molar-refractivity contribution in [2.24, 2.45) is 0 Å². The van der Waals surface area contributed by atoms with Crippen LogP contribution in [0.2, 0.25) is 0 Å². The highest BCUT2D eigenvalue weighted by molar-refractivity contribution is 5.87. The molecule has 1 atom stereocenters. The van der Waals surface area contributed by atoms with Crippen molar-refractivity contribution in [3.63, 3.8) is 0 Å². The monoisotopic (exact) mass is 316 g/mol. The molecule has 4 N–H and O–H groups in total. The molecule has 2 heterocycles. The number of nitriles is 1. The third-order valence-corrected chi connectivity index (χ3v) is 3.47. The predicted molar refractivity (Wildman–Crippen MR) is 84.6 cm³/mol. The molecular weight excluding hydrogens is 296 g/mol. The number of aromatic nitrogens is 1. The smallest absolute Gasteiger partial charge is 0.315 e. The molecule has 1 saturated heterocycles. The van der Waals surface area contributed by atoms with Crippen molar-refractivity contribution in [1.82, 2.24) is 20.9 Å². The van der Waals surface area contributed by atoms with Crippen molar-refractivity contribution >= 4 is 17.8 Å². The Morgan fingerprint density at radius 2 is 2.30 bits per heavy atom. The molecule has 0 unspecified atom stereocenters. The van der Waals surface area contributed by atoms with Crippen LogP contribution in [0, 0.1) is 11.3 Å². The van der Waals surface area contributed by atoms with Crippen LogP contribution in [-0.4, -0.2) is 42.6 Å². The van der Waals surface area contributed by atoms with Gasteiger partial charge in [0.05, 0.1) is 5.56 Å². The van der Waals surface area contributed by atoms with E-state index in [0.29, 0.717) is 37.4 Å². The molecule has 1 fully saturated rings. The van der Waals surface area contributed by atoms with Crippen LogP contribution in [0.25, 0.3) is 0 Å². The Balaban J connectivity index is 1.70. The maximum absolute atomic E-state index is 11.8. The van der Waals surface area contributed by atoms with Crippen molar-refractivity contribution in [1.29, 1.82) is 5.26 Å². The van der Waals surface area contributed by atoms with Crippen LogP contribution in [0.1, 0.15) is 24.8 Å². The first-order valence-corrected chi connectivity index (χ1v) is 7.62. The van der Waals surface area contributed by atoms with E-state index in [-0.39, 0.29) is 11.9 Å². The molecule has 0 aliphatic carbocycles. The second kappa shape index (κ2) is 8.58. The molecule has 3 amide bonds. The molecule has 8 heteroatoms. The summed E-state index contributed by atoms with van der Waals surface area (Å²) in [5.41, 5.74) is 0.451. The number of hydrogen-bond donors (Lipinski definition) is 4. The summed E-state index contributed by atoms with van der Waals surface area (Å²) < 4.78 is 0. The number of nitrogens with zero attached hydrogens (tertiary/aromatic N) is 2. The number of anilines is 1. The van der Waals surface area contributed by atoms with Crippen LogP contribution < -0.4 is 21.3 Å². The molecule has 2 rings (SSSR count). The van der Waals surface area contributed by atoms with Crippen molar-refractivity contribution < 1.29 is 9.59 Å². The van der Waals surface area contributed by atoms with Crippen LogP contribution in [0.15, 0.2) is 18.3 Å². The van der Waals surface area contributed by atoms with E-state index in [9.17, 15) is 9.59 Å². The number of nitrogens with one attached hydrogen (secondary N) is 4. The van der Waals surface area contributed by atoms with Gasteiger partial charge in [-0.3, -0.25) is 4.79 Å². The van der Waals surface area contributed by atoms with Gasteiger partial charge in [0.25, 0.3) is 0 Å². The highest BCUT2D eigenvalue weighted by atomic mass is 16.2. The summed E-state index contributed by atoms with van der Waals surface area (Å²) in [5, 5.41) is 20.0. The topological polar surface area (TPSA) is 119 Å². The molecule has 1 aromatic rings. The van der Waals surface area contributed by atoms with E-state index >= 15 is 0 Å². The van der Waals surface area contributed by atoms with Crippen molar-refractivity contribution in [2.45, 2.75) is 25.3 Å². The molecule has 1 aliphatic rings. The van der Waals surface area contributed by atoms with E-state index < -0.39 is 6.04 Å². The van der Waals surface area contributed by atoms with Crippen LogP contribution in [0.5, 0.6) is 0 Å². The minimum absolute atomic E-state index is 0.136. The van der Waals surface area contributed by atoms with Gasteiger partial charge in [-0.15, -0.1) is 0 Å². The molecule has 122 valence electrons. The van der Waals surface area contributed by atoms with E-state index in [4.69, 9.17) is 5.26 Å². The van der Waals surface area contributed by atoms with Crippen LogP contribution in [0.4, 0.5) is 10.6 Å². The van der Waals surface area contributed by atoms with Gasteiger partial charge < -0.3 is 21.3 Å². The van der Waals surface area contributed by atoms with Crippen molar-refractivity contribution in [2.75, 3.05) is 25.0 Å². The molecule has 1 aromatic heterocycles. The van der Waals surface area contributed by atoms with Gasteiger partial charge in [0.1, 0.15) is 17.9 Å². The lowest BCUT2D eigenvalue weighted by atomic mass is 10.1. The molecule has 0 saturated carbocycles. The third kappa shape index (κ3) is 5.14. The standard InChI is InChI=1S/C15H20N6O2/c16-10-11-4-3-7-17-13(11)18-8-9-20-15(23)21-12-5-1-2-6-19-14(12)22/h3-4,7,12H,1-2,5-6,8-9H2,(H,17,18)(H,19,22)(H2,20,21,23)/t12-/m0/s1. The van der Waals surface area contributed by atoms with E-state index in [2.05, 4.69) is 26.3 Å². The first kappa shape index (κ1) is 16.5. The second-order valence-corrected chi connectivity index (χ2v) is 5.18. The van der Waals surface area contributed by atoms with E-state index in [1.54, 1.807) is 18.3 Å². The Morgan fingerprint density at radius 3 is 3.13 bits per heavy atom. The largest absolute Gasteiger partial charge is 0.367 e. The fourth-order valence-corrected chi connectivity index (χ4v) is 2.28. The highest BCUT2D eigenvalue weighted by Gasteiger charge is 2.21. The predicted octanol–water partition coefficient (Wildman–Crippen LogP) is 0.333. The van der Waals surface area contributed by atoms with E-state index in [0.717, 1.165) is 12.8 Å². The average Bonchev–Trinajstić information content (AvgIpc) is 2.77. The number of amides is 3. The Kier molecular flexibility index (Phi) is 6.17. The first-order valence-electron chi connectivity index (χ1n) is 7.62. The Bertz CT molecular complexity index is 598. The van der Waals surface area contributed by atoms with Crippen molar-refractivity contribution in [3.8, 4) is 6.07 Å². The zero-order valence-electron chi connectivity index (χ0n) is 12.8. The minimum atomic E-state index is -0.480. The number of carbonyl (C=O) groups excluding carboxylic acids is 2. The van der Waals surface area contributed by atoms with Gasteiger partial charge in [0.15, 0.2) is 0 Å². The Morgan fingerprint density at radius 1 is 1.43 bits per heavy atom. The van der Waals surface area contributed by atoms with Gasteiger partial charge in [0.2, 0.25) is 5.91 Å². The van der Waals surface area contributed by atoms with Gasteiger partial charge in [0, 0.05) is 25.8 Å². The fraction of sp³-hybridized carbons (Fsp3) is 0.467. The molecule has 0 bridgehead atoms.